The molecule has 1 amide bonds. The van der Waals surface area contributed by atoms with Crippen molar-refractivity contribution in [3.63, 3.8) is 0 Å². The Morgan fingerprint density at radius 2 is 1.85 bits per heavy atom. The summed E-state index contributed by atoms with van der Waals surface area (Å²) in [4.78, 5) is 13.3. The van der Waals surface area contributed by atoms with Gasteiger partial charge in [0.05, 0.1) is 41.4 Å². The fourth-order valence-electron chi connectivity index (χ4n) is 4.65. The minimum atomic E-state index is -0.347. The zero-order valence-corrected chi connectivity index (χ0v) is 24.5. The highest BCUT2D eigenvalue weighted by molar-refractivity contribution is 6.34. The number of methoxy groups -OCH3 is 1. The van der Waals surface area contributed by atoms with Gasteiger partial charge in [-0.2, -0.15) is 5.26 Å². The first kappa shape index (κ1) is 29.9. The third kappa shape index (κ3) is 7.36. The highest BCUT2D eigenvalue weighted by Gasteiger charge is 2.21. The molecule has 0 bridgehead atoms. The summed E-state index contributed by atoms with van der Waals surface area (Å²) in [5, 5.41) is 15.9. The third-order valence-electron chi connectivity index (χ3n) is 7.13. The number of hydrogen-bond donors (Lipinski definition) is 3. The number of hydrogen-bond acceptors (Lipinski definition) is 6. The van der Waals surface area contributed by atoms with Gasteiger partial charge in [0.25, 0.3) is 5.91 Å². The van der Waals surface area contributed by atoms with Crippen LogP contribution in [-0.2, 0) is 13.0 Å². The molecule has 0 spiro atoms. The molecule has 0 fully saturated rings. The number of nitrogens with one attached hydrogen (secondary N) is 2. The molecular formula is C33H35ClN4O3. The Morgan fingerprint density at radius 1 is 1.10 bits per heavy atom. The molecule has 1 heterocycles. The molecule has 7 nitrogen and oxygen atoms in total. The number of ether oxygens (including phenoxy) is 1. The minimum absolute atomic E-state index is 0.146. The largest absolute Gasteiger partial charge is 0.496 e. The van der Waals surface area contributed by atoms with Gasteiger partial charge in [0.2, 0.25) is 0 Å². The van der Waals surface area contributed by atoms with Crippen molar-refractivity contribution in [3.05, 3.63) is 111 Å². The van der Waals surface area contributed by atoms with Crippen molar-refractivity contribution in [1.29, 1.82) is 5.26 Å². The number of rotatable bonds is 11. The molecule has 2 atom stereocenters. The van der Waals surface area contributed by atoms with E-state index in [9.17, 15) is 10.1 Å². The van der Waals surface area contributed by atoms with Crippen molar-refractivity contribution in [2.45, 2.75) is 45.8 Å². The Bertz CT molecular complexity index is 1560. The summed E-state index contributed by atoms with van der Waals surface area (Å²) in [6, 6.07) is 23.1. The zero-order valence-electron chi connectivity index (χ0n) is 23.8. The molecule has 0 aliphatic carbocycles. The van der Waals surface area contributed by atoms with E-state index in [0.29, 0.717) is 41.2 Å². The molecule has 8 heteroatoms. The molecule has 0 saturated heterocycles. The Morgan fingerprint density at radius 3 is 2.51 bits per heavy atom. The number of furan rings is 1. The van der Waals surface area contributed by atoms with Crippen molar-refractivity contribution >= 4 is 17.5 Å². The first-order valence-electron chi connectivity index (χ1n) is 13.5. The summed E-state index contributed by atoms with van der Waals surface area (Å²) >= 11 is 6.52. The van der Waals surface area contributed by atoms with Crippen LogP contribution in [0.3, 0.4) is 0 Å². The number of carbonyl (C=O) groups is 1. The summed E-state index contributed by atoms with van der Waals surface area (Å²) < 4.78 is 11.7. The van der Waals surface area contributed by atoms with Crippen molar-refractivity contribution in [2.75, 3.05) is 13.7 Å². The number of carbonyl (C=O) groups excluding carboxylic acids is 1. The van der Waals surface area contributed by atoms with Crippen LogP contribution in [0.1, 0.15) is 56.9 Å². The molecule has 0 aliphatic rings. The average Bonchev–Trinajstić information content (AvgIpc) is 3.44. The predicted molar refractivity (Wildman–Crippen MR) is 162 cm³/mol. The highest BCUT2D eigenvalue weighted by Crippen LogP contribution is 2.36. The van der Waals surface area contributed by atoms with Crippen LogP contribution in [-0.4, -0.2) is 25.6 Å². The van der Waals surface area contributed by atoms with Crippen LogP contribution in [0.2, 0.25) is 5.02 Å². The molecule has 4 aromatic rings. The Kier molecular flexibility index (Phi) is 9.85. The summed E-state index contributed by atoms with van der Waals surface area (Å²) in [6.07, 6.45) is 0.519. The Hall–Kier alpha value is -4.09. The SMILES string of the molecule is COc1cc(Cl)c(C(=O)NC(CN)Cc2ccc(C#N)c(C)c2)cc1-c1ccc(CNC(C)c2ccc(C)cc2)o1. The summed E-state index contributed by atoms with van der Waals surface area (Å²) in [5.74, 6) is 1.47. The number of aryl methyl sites for hydroxylation is 2. The predicted octanol–water partition coefficient (Wildman–Crippen LogP) is 6.25. The van der Waals surface area contributed by atoms with Crippen molar-refractivity contribution in [1.82, 2.24) is 10.6 Å². The lowest BCUT2D eigenvalue weighted by Crippen LogP contribution is -2.41. The average molecular weight is 571 g/mol. The maximum atomic E-state index is 13.3. The molecule has 0 radical (unpaired) electrons. The van der Waals surface area contributed by atoms with Crippen LogP contribution in [0.25, 0.3) is 11.3 Å². The van der Waals surface area contributed by atoms with Gasteiger partial charge >= 0.3 is 0 Å². The zero-order chi connectivity index (χ0) is 29.5. The van der Waals surface area contributed by atoms with Crippen LogP contribution in [0, 0.1) is 25.2 Å². The molecule has 212 valence electrons. The molecule has 41 heavy (non-hydrogen) atoms. The second-order valence-corrected chi connectivity index (χ2v) is 10.6. The van der Waals surface area contributed by atoms with Gasteiger partial charge in [-0.15, -0.1) is 0 Å². The van der Waals surface area contributed by atoms with Crippen molar-refractivity contribution < 1.29 is 13.9 Å². The molecule has 3 aromatic carbocycles. The number of amides is 1. The number of benzene rings is 3. The van der Waals surface area contributed by atoms with E-state index in [1.807, 2.05) is 31.2 Å². The smallest absolute Gasteiger partial charge is 0.253 e. The number of nitrogens with zero attached hydrogens (tertiary/aromatic N) is 1. The van der Waals surface area contributed by atoms with Gasteiger partial charge in [0.1, 0.15) is 17.3 Å². The molecule has 0 saturated carbocycles. The van der Waals surface area contributed by atoms with E-state index in [1.165, 1.54) is 11.1 Å². The topological polar surface area (TPSA) is 113 Å². The lowest BCUT2D eigenvalue weighted by Gasteiger charge is -2.19. The molecule has 1 aromatic heterocycles. The minimum Gasteiger partial charge on any atom is -0.496 e. The van der Waals surface area contributed by atoms with Gasteiger partial charge in [-0.1, -0.05) is 53.6 Å². The van der Waals surface area contributed by atoms with Gasteiger partial charge in [0, 0.05) is 24.7 Å². The Balaban J connectivity index is 1.49. The fraction of sp³-hybridized carbons (Fsp3) is 0.273. The van der Waals surface area contributed by atoms with Crippen molar-refractivity contribution in [3.8, 4) is 23.1 Å². The monoisotopic (exact) mass is 570 g/mol. The van der Waals surface area contributed by atoms with E-state index < -0.39 is 0 Å². The summed E-state index contributed by atoms with van der Waals surface area (Å²) in [6.45, 7) is 6.84. The Labute approximate surface area is 246 Å². The van der Waals surface area contributed by atoms with Gasteiger partial charge in [-0.3, -0.25) is 4.79 Å². The van der Waals surface area contributed by atoms with E-state index in [2.05, 4.69) is 54.8 Å². The normalized spacial score (nSPS) is 12.4. The van der Waals surface area contributed by atoms with E-state index in [1.54, 1.807) is 25.3 Å². The molecule has 4 rings (SSSR count). The van der Waals surface area contributed by atoms with Gasteiger partial charge < -0.3 is 25.5 Å². The first-order valence-corrected chi connectivity index (χ1v) is 13.9. The molecule has 4 N–H and O–H groups in total. The van der Waals surface area contributed by atoms with E-state index in [4.69, 9.17) is 26.5 Å². The highest BCUT2D eigenvalue weighted by atomic mass is 35.5. The summed E-state index contributed by atoms with van der Waals surface area (Å²) in [7, 11) is 1.55. The number of halogens is 1. The van der Waals surface area contributed by atoms with Gasteiger partial charge in [-0.05, 0) is 68.1 Å². The number of nitrogens with two attached hydrogens (primary N) is 1. The van der Waals surface area contributed by atoms with Gasteiger partial charge in [-0.25, -0.2) is 0 Å². The molecule has 0 aliphatic heterocycles. The van der Waals surface area contributed by atoms with E-state index >= 15 is 0 Å². The lowest BCUT2D eigenvalue weighted by molar-refractivity contribution is 0.0938. The van der Waals surface area contributed by atoms with Crippen LogP contribution in [0.4, 0.5) is 0 Å². The second kappa shape index (κ2) is 13.5. The fourth-order valence-corrected chi connectivity index (χ4v) is 4.89. The van der Waals surface area contributed by atoms with E-state index in [0.717, 1.165) is 16.9 Å². The lowest BCUT2D eigenvalue weighted by atomic mass is 10.00. The molecule has 2 unspecified atom stereocenters. The number of nitriles is 1. The standard InChI is InChI=1S/C33H35ClN4O3/c1-20-5-8-24(9-6-20)22(3)37-19-27-11-12-31(41-27)29-15-28(30(34)16-32(29)40-4)33(39)38-26(18-36)14-23-7-10-25(17-35)21(2)13-23/h5-13,15-16,22,26,37H,14,18-19,36H2,1-4H3,(H,38,39). The molecular weight excluding hydrogens is 536 g/mol. The first-order chi connectivity index (χ1) is 19.7. The van der Waals surface area contributed by atoms with Crippen LogP contribution >= 0.6 is 11.6 Å². The van der Waals surface area contributed by atoms with E-state index in [-0.39, 0.29) is 29.6 Å². The third-order valence-corrected chi connectivity index (χ3v) is 7.45. The second-order valence-electron chi connectivity index (χ2n) is 10.2. The maximum Gasteiger partial charge on any atom is 0.253 e. The maximum absolute atomic E-state index is 13.3. The van der Waals surface area contributed by atoms with Crippen LogP contribution in [0.5, 0.6) is 5.75 Å². The quantitative estimate of drug-likeness (QED) is 0.196. The van der Waals surface area contributed by atoms with Crippen molar-refractivity contribution in [2.24, 2.45) is 5.73 Å². The van der Waals surface area contributed by atoms with Gasteiger partial charge in [0.15, 0.2) is 0 Å². The summed E-state index contributed by atoms with van der Waals surface area (Å²) in [5.41, 5.74) is 11.8. The van der Waals surface area contributed by atoms with Crippen LogP contribution in [0.15, 0.2) is 71.1 Å². The van der Waals surface area contributed by atoms with Crippen LogP contribution < -0.4 is 21.1 Å².